The summed E-state index contributed by atoms with van der Waals surface area (Å²) in [5, 5.41) is 17.7. The molecule has 0 fully saturated rings. The number of rotatable bonds is 5. The van der Waals surface area contributed by atoms with Crippen LogP contribution >= 0.6 is 27.7 Å². The molecule has 1 aromatic carbocycles. The molecule has 0 saturated carbocycles. The molecule has 4 heteroatoms. The van der Waals surface area contributed by atoms with E-state index in [4.69, 9.17) is 10.2 Å². The van der Waals surface area contributed by atoms with Crippen LogP contribution in [0.2, 0.25) is 0 Å². The Hall–Kier alpha value is -0.0300. The Morgan fingerprint density at radius 3 is 2.50 bits per heavy atom. The summed E-state index contributed by atoms with van der Waals surface area (Å²) in [6, 6.07) is 8.08. The van der Waals surface area contributed by atoms with E-state index in [1.165, 1.54) is 5.56 Å². The maximum absolute atomic E-state index is 9.10. The van der Waals surface area contributed by atoms with Crippen molar-refractivity contribution in [1.29, 1.82) is 0 Å². The zero-order valence-electron chi connectivity index (χ0n) is 7.69. The molecule has 0 aliphatic heterocycles. The summed E-state index contributed by atoms with van der Waals surface area (Å²) >= 11 is 4.99. The van der Waals surface area contributed by atoms with E-state index in [-0.39, 0.29) is 6.61 Å². The lowest BCUT2D eigenvalue weighted by atomic mass is 10.2. The lowest BCUT2D eigenvalue weighted by Gasteiger charge is -2.06. The topological polar surface area (TPSA) is 40.5 Å². The predicted molar refractivity (Wildman–Crippen MR) is 63.4 cm³/mol. The lowest BCUT2D eigenvalue weighted by Crippen LogP contribution is -2.14. The van der Waals surface area contributed by atoms with Gasteiger partial charge < -0.3 is 10.2 Å². The predicted octanol–water partition coefficient (Wildman–Crippen LogP) is 2.04. The molecule has 0 heterocycles. The minimum absolute atomic E-state index is 0.159. The fourth-order valence-corrected chi connectivity index (χ4v) is 2.13. The summed E-state index contributed by atoms with van der Waals surface area (Å²) in [4.78, 5) is 0. The van der Waals surface area contributed by atoms with E-state index in [0.717, 1.165) is 10.2 Å². The number of hydrogen-bond donors (Lipinski definition) is 2. The zero-order valence-corrected chi connectivity index (χ0v) is 10.1. The van der Waals surface area contributed by atoms with Crippen LogP contribution in [0.3, 0.4) is 0 Å². The van der Waals surface area contributed by atoms with Gasteiger partial charge >= 0.3 is 0 Å². The van der Waals surface area contributed by atoms with Gasteiger partial charge in [-0.25, -0.2) is 0 Å². The molecule has 0 amide bonds. The average molecular weight is 277 g/mol. The fourth-order valence-electron chi connectivity index (χ4n) is 0.946. The average Bonchev–Trinajstić information content (AvgIpc) is 2.21. The Morgan fingerprint density at radius 2 is 1.93 bits per heavy atom. The summed E-state index contributed by atoms with van der Waals surface area (Å²) in [5.41, 5.74) is 1.23. The molecular weight excluding hydrogens is 264 g/mol. The van der Waals surface area contributed by atoms with Gasteiger partial charge in [0.2, 0.25) is 0 Å². The van der Waals surface area contributed by atoms with E-state index in [9.17, 15) is 0 Å². The molecule has 0 aliphatic rings. The second-order valence-corrected chi connectivity index (χ2v) is 4.92. The van der Waals surface area contributed by atoms with Gasteiger partial charge in [0.25, 0.3) is 0 Å². The molecule has 14 heavy (non-hydrogen) atoms. The highest BCUT2D eigenvalue weighted by atomic mass is 79.9. The van der Waals surface area contributed by atoms with Crippen molar-refractivity contribution in [2.24, 2.45) is 0 Å². The molecule has 2 N–H and O–H groups in total. The molecule has 1 rings (SSSR count). The van der Waals surface area contributed by atoms with Gasteiger partial charge in [0, 0.05) is 16.0 Å². The number of aliphatic hydroxyl groups excluding tert-OH is 2. The normalized spacial score (nSPS) is 12.8. The van der Waals surface area contributed by atoms with Crippen molar-refractivity contribution in [3.8, 4) is 0 Å². The maximum atomic E-state index is 9.10. The standard InChI is InChI=1S/C10H13BrO2S/c11-9-3-1-8(2-4-9)6-14-7-10(13)5-12/h1-4,10,12-13H,5-7H2. The molecule has 0 aliphatic carbocycles. The molecule has 0 bridgehead atoms. The third kappa shape index (κ3) is 4.46. The first-order chi connectivity index (χ1) is 6.72. The Kier molecular flexibility index (Phi) is 5.55. The molecular formula is C10H13BrO2S. The third-order valence-electron chi connectivity index (χ3n) is 1.70. The molecule has 78 valence electrons. The molecule has 0 radical (unpaired) electrons. The van der Waals surface area contributed by atoms with Gasteiger partial charge in [0.1, 0.15) is 0 Å². The van der Waals surface area contributed by atoms with Crippen molar-refractivity contribution in [3.63, 3.8) is 0 Å². The van der Waals surface area contributed by atoms with Crippen LogP contribution < -0.4 is 0 Å². The van der Waals surface area contributed by atoms with Crippen LogP contribution in [0.4, 0.5) is 0 Å². The summed E-state index contributed by atoms with van der Waals surface area (Å²) in [7, 11) is 0. The van der Waals surface area contributed by atoms with Gasteiger partial charge in [0.05, 0.1) is 12.7 Å². The van der Waals surface area contributed by atoms with Gasteiger partial charge in [-0.2, -0.15) is 11.8 Å². The van der Waals surface area contributed by atoms with E-state index in [2.05, 4.69) is 15.9 Å². The highest BCUT2D eigenvalue weighted by Gasteiger charge is 2.01. The van der Waals surface area contributed by atoms with Crippen molar-refractivity contribution < 1.29 is 10.2 Å². The van der Waals surface area contributed by atoms with E-state index >= 15 is 0 Å². The van der Waals surface area contributed by atoms with Crippen LogP contribution in [0, 0.1) is 0 Å². The first-order valence-electron chi connectivity index (χ1n) is 4.33. The SMILES string of the molecule is OCC(O)CSCc1ccc(Br)cc1. The van der Waals surface area contributed by atoms with E-state index in [0.29, 0.717) is 5.75 Å². The summed E-state index contributed by atoms with van der Waals surface area (Å²) in [6.07, 6.45) is -0.601. The van der Waals surface area contributed by atoms with E-state index < -0.39 is 6.10 Å². The van der Waals surface area contributed by atoms with Crippen LogP contribution in [-0.2, 0) is 5.75 Å². The molecule has 0 aromatic heterocycles. The quantitative estimate of drug-likeness (QED) is 0.865. The smallest absolute Gasteiger partial charge is 0.0861 e. The van der Waals surface area contributed by atoms with Crippen molar-refractivity contribution in [2.75, 3.05) is 12.4 Å². The number of halogens is 1. The van der Waals surface area contributed by atoms with Crippen molar-refractivity contribution in [1.82, 2.24) is 0 Å². The maximum Gasteiger partial charge on any atom is 0.0861 e. The molecule has 1 aromatic rings. The zero-order chi connectivity index (χ0) is 10.4. The second-order valence-electron chi connectivity index (χ2n) is 2.98. The number of aliphatic hydroxyl groups is 2. The second kappa shape index (κ2) is 6.45. The lowest BCUT2D eigenvalue weighted by molar-refractivity contribution is 0.113. The minimum atomic E-state index is -0.601. The van der Waals surface area contributed by atoms with Gasteiger partial charge in [0.15, 0.2) is 0 Å². The van der Waals surface area contributed by atoms with Crippen molar-refractivity contribution in [2.45, 2.75) is 11.9 Å². The van der Waals surface area contributed by atoms with Crippen LogP contribution in [0.5, 0.6) is 0 Å². The van der Waals surface area contributed by atoms with Crippen LogP contribution in [0.15, 0.2) is 28.7 Å². The van der Waals surface area contributed by atoms with Gasteiger partial charge in [-0.3, -0.25) is 0 Å². The molecule has 2 nitrogen and oxygen atoms in total. The van der Waals surface area contributed by atoms with Crippen molar-refractivity contribution in [3.05, 3.63) is 34.3 Å². The Morgan fingerprint density at radius 1 is 1.29 bits per heavy atom. The van der Waals surface area contributed by atoms with Crippen LogP contribution in [0.25, 0.3) is 0 Å². The van der Waals surface area contributed by atoms with Crippen LogP contribution in [0.1, 0.15) is 5.56 Å². The molecule has 1 unspecified atom stereocenters. The van der Waals surface area contributed by atoms with E-state index in [1.807, 2.05) is 24.3 Å². The Labute approximate surface area is 96.5 Å². The number of thioether (sulfide) groups is 1. The molecule has 0 spiro atoms. The van der Waals surface area contributed by atoms with Crippen LogP contribution in [-0.4, -0.2) is 28.7 Å². The van der Waals surface area contributed by atoms with Gasteiger partial charge in [-0.05, 0) is 17.7 Å². The molecule has 1 atom stereocenters. The summed E-state index contributed by atoms with van der Waals surface area (Å²) in [6.45, 7) is -0.159. The number of benzene rings is 1. The number of hydrogen-bond acceptors (Lipinski definition) is 3. The van der Waals surface area contributed by atoms with Crippen molar-refractivity contribution >= 4 is 27.7 Å². The largest absolute Gasteiger partial charge is 0.394 e. The monoisotopic (exact) mass is 276 g/mol. The summed E-state index contributed by atoms with van der Waals surface area (Å²) < 4.78 is 1.07. The third-order valence-corrected chi connectivity index (χ3v) is 3.39. The first-order valence-corrected chi connectivity index (χ1v) is 6.28. The fraction of sp³-hybridized carbons (Fsp3) is 0.400. The Balaban J connectivity index is 2.28. The highest BCUT2D eigenvalue weighted by Crippen LogP contribution is 2.16. The van der Waals surface area contributed by atoms with Gasteiger partial charge in [-0.1, -0.05) is 28.1 Å². The minimum Gasteiger partial charge on any atom is -0.394 e. The Bertz CT molecular complexity index is 263. The molecule has 0 saturated heterocycles. The highest BCUT2D eigenvalue weighted by molar-refractivity contribution is 9.10. The van der Waals surface area contributed by atoms with Gasteiger partial charge in [-0.15, -0.1) is 0 Å². The van der Waals surface area contributed by atoms with E-state index in [1.54, 1.807) is 11.8 Å². The summed E-state index contributed by atoms with van der Waals surface area (Å²) in [5.74, 6) is 1.44. The first kappa shape index (κ1) is 12.0.